The molecule has 0 unspecified atom stereocenters. The molecule has 0 saturated carbocycles. The summed E-state index contributed by atoms with van der Waals surface area (Å²) in [5.41, 5.74) is 14.0. The Morgan fingerprint density at radius 2 is 0.869 bits per heavy atom. The Morgan fingerprint density at radius 3 is 1.61 bits per heavy atom. The van der Waals surface area contributed by atoms with Crippen molar-refractivity contribution in [2.75, 3.05) is 4.90 Å². The number of hydrogen-bond donors (Lipinski definition) is 0. The molecule has 0 fully saturated rings. The van der Waals surface area contributed by atoms with Crippen molar-refractivity contribution >= 4 is 81.1 Å². The molecule has 0 saturated heterocycles. The van der Waals surface area contributed by atoms with E-state index in [-0.39, 0.29) is 0 Å². The van der Waals surface area contributed by atoms with E-state index in [1.165, 1.54) is 86.1 Å². The Balaban J connectivity index is 1.03. The lowest BCUT2D eigenvalue weighted by atomic mass is 9.97. The van der Waals surface area contributed by atoms with Crippen LogP contribution in [0.4, 0.5) is 17.1 Å². The van der Waals surface area contributed by atoms with Crippen molar-refractivity contribution < 1.29 is 0 Å². The highest BCUT2D eigenvalue weighted by Crippen LogP contribution is 2.44. The second-order valence-electron chi connectivity index (χ2n) is 15.7. The van der Waals surface area contributed by atoms with Crippen LogP contribution in [0.5, 0.6) is 0 Å². The third-order valence-electron chi connectivity index (χ3n) is 12.1. The van der Waals surface area contributed by atoms with Crippen LogP contribution in [0.1, 0.15) is 0 Å². The first-order valence-electron chi connectivity index (χ1n) is 20.8. The van der Waals surface area contributed by atoms with Gasteiger partial charge in [0.1, 0.15) is 0 Å². The van der Waals surface area contributed by atoms with Gasteiger partial charge in [0.15, 0.2) is 0 Å². The highest BCUT2D eigenvalue weighted by molar-refractivity contribution is 7.25. The lowest BCUT2D eigenvalue weighted by Gasteiger charge is -2.27. The number of thiophene rings is 1. The van der Waals surface area contributed by atoms with Gasteiger partial charge in [-0.05, 0) is 105 Å². The zero-order valence-corrected chi connectivity index (χ0v) is 34.1. The van der Waals surface area contributed by atoms with Crippen LogP contribution < -0.4 is 4.90 Å². The SMILES string of the molecule is c1ccc(-c2cc(-c3ccccc3)cc(N(c3ccc(-c4ccc5c6ccc7ccccc7c6n(-c6ccccc6)c5c4)cc3)c3ccc4c(c3)sc3ccccc34)c2)cc1. The summed E-state index contributed by atoms with van der Waals surface area (Å²) in [4.78, 5) is 2.42. The van der Waals surface area contributed by atoms with E-state index in [0.717, 1.165) is 22.7 Å². The fourth-order valence-corrected chi connectivity index (χ4v) is 10.4. The minimum atomic E-state index is 1.10. The zero-order valence-electron chi connectivity index (χ0n) is 33.2. The van der Waals surface area contributed by atoms with Crippen molar-refractivity contribution in [1.82, 2.24) is 4.57 Å². The third-order valence-corrected chi connectivity index (χ3v) is 13.3. The zero-order chi connectivity index (χ0) is 40.3. The molecule has 0 bridgehead atoms. The normalized spacial score (nSPS) is 11.6. The molecule has 2 nitrogen and oxygen atoms in total. The first-order chi connectivity index (χ1) is 30.2. The quantitative estimate of drug-likeness (QED) is 0.156. The molecular weight excluding hydrogens is 757 g/mol. The van der Waals surface area contributed by atoms with Crippen molar-refractivity contribution in [3.63, 3.8) is 0 Å². The highest BCUT2D eigenvalue weighted by Gasteiger charge is 2.19. The summed E-state index contributed by atoms with van der Waals surface area (Å²) in [5.74, 6) is 0. The topological polar surface area (TPSA) is 8.17 Å². The van der Waals surface area contributed by atoms with Crippen LogP contribution in [0.15, 0.2) is 231 Å². The highest BCUT2D eigenvalue weighted by atomic mass is 32.1. The number of anilines is 3. The molecule has 0 atom stereocenters. The van der Waals surface area contributed by atoms with E-state index in [1.54, 1.807) is 0 Å². The van der Waals surface area contributed by atoms with Crippen molar-refractivity contribution in [1.29, 1.82) is 0 Å². The Hall–Kier alpha value is -7.72. The molecule has 61 heavy (non-hydrogen) atoms. The van der Waals surface area contributed by atoms with Gasteiger partial charge in [0.25, 0.3) is 0 Å². The summed E-state index contributed by atoms with van der Waals surface area (Å²) in [7, 11) is 0. The number of para-hydroxylation sites is 1. The van der Waals surface area contributed by atoms with Crippen LogP contribution in [-0.2, 0) is 0 Å². The van der Waals surface area contributed by atoms with Crippen molar-refractivity contribution in [2.45, 2.75) is 0 Å². The fraction of sp³-hybridized carbons (Fsp3) is 0. The Labute approximate surface area is 358 Å². The molecule has 12 rings (SSSR count). The molecule has 0 aliphatic carbocycles. The molecule has 0 radical (unpaired) electrons. The van der Waals surface area contributed by atoms with Gasteiger partial charge in [0.2, 0.25) is 0 Å². The summed E-state index contributed by atoms with van der Waals surface area (Å²) in [5, 5.41) is 7.61. The number of fused-ring (bicyclic) bond motifs is 8. The Kier molecular flexibility index (Phi) is 8.39. The van der Waals surface area contributed by atoms with Crippen LogP contribution in [0.3, 0.4) is 0 Å². The third kappa shape index (κ3) is 6.09. The van der Waals surface area contributed by atoms with Crippen LogP contribution in [0, 0.1) is 0 Å². The van der Waals surface area contributed by atoms with Crippen molar-refractivity contribution in [3.8, 4) is 39.1 Å². The Morgan fingerprint density at radius 1 is 0.311 bits per heavy atom. The lowest BCUT2D eigenvalue weighted by Crippen LogP contribution is -2.10. The van der Waals surface area contributed by atoms with Gasteiger partial charge in [-0.1, -0.05) is 164 Å². The first-order valence-corrected chi connectivity index (χ1v) is 21.6. The molecule has 0 aliphatic rings. The lowest BCUT2D eigenvalue weighted by molar-refractivity contribution is 1.19. The monoisotopic (exact) mass is 794 g/mol. The average molecular weight is 795 g/mol. The van der Waals surface area contributed by atoms with Gasteiger partial charge < -0.3 is 9.47 Å². The van der Waals surface area contributed by atoms with Gasteiger partial charge in [-0.3, -0.25) is 0 Å². The second kappa shape index (κ2) is 14.5. The molecule has 10 aromatic carbocycles. The van der Waals surface area contributed by atoms with Gasteiger partial charge in [-0.2, -0.15) is 0 Å². The molecule has 2 aromatic heterocycles. The maximum Gasteiger partial charge on any atom is 0.0619 e. The molecule has 0 aliphatic heterocycles. The van der Waals surface area contributed by atoms with E-state index in [0.29, 0.717) is 0 Å². The smallest absolute Gasteiger partial charge is 0.0619 e. The number of benzene rings is 10. The number of rotatable bonds is 7. The molecule has 0 amide bonds. The summed E-state index contributed by atoms with van der Waals surface area (Å²) < 4.78 is 5.03. The predicted octanol–water partition coefficient (Wildman–Crippen LogP) is 16.8. The summed E-state index contributed by atoms with van der Waals surface area (Å²) in [6.07, 6.45) is 0. The summed E-state index contributed by atoms with van der Waals surface area (Å²) >= 11 is 1.86. The first kappa shape index (κ1) is 35.2. The van der Waals surface area contributed by atoms with Gasteiger partial charge in [0.05, 0.1) is 11.0 Å². The van der Waals surface area contributed by atoms with Gasteiger partial charge in [-0.15, -0.1) is 11.3 Å². The van der Waals surface area contributed by atoms with Crippen LogP contribution in [0.2, 0.25) is 0 Å². The van der Waals surface area contributed by atoms with E-state index in [2.05, 4.69) is 240 Å². The van der Waals surface area contributed by atoms with Crippen LogP contribution in [-0.4, -0.2) is 4.57 Å². The minimum absolute atomic E-state index is 1.10. The standard InChI is InChI=1S/C58H38N2S/c1-4-14-39(15-5-1)44-34-45(40-16-6-2-7-17-40)36-49(35-44)59(48-30-33-53-52-22-12-13-23-56(52)61-57(53)38-48)47-28-24-41(25-29-47)43-27-31-51-54-32-26-42-18-10-11-21-50(42)58(54)60(55(51)37-43)46-19-8-3-9-20-46/h1-38H. The molecule has 0 spiro atoms. The largest absolute Gasteiger partial charge is 0.310 e. The number of nitrogens with zero attached hydrogens (tertiary/aromatic N) is 2. The fourth-order valence-electron chi connectivity index (χ4n) is 9.24. The van der Waals surface area contributed by atoms with Crippen molar-refractivity contribution in [2.24, 2.45) is 0 Å². The number of hydrogen-bond acceptors (Lipinski definition) is 2. The molecule has 2 heterocycles. The molecule has 12 aromatic rings. The van der Waals surface area contributed by atoms with Crippen LogP contribution >= 0.6 is 11.3 Å². The van der Waals surface area contributed by atoms with E-state index in [4.69, 9.17) is 0 Å². The molecule has 0 N–H and O–H groups in total. The van der Waals surface area contributed by atoms with Gasteiger partial charge >= 0.3 is 0 Å². The van der Waals surface area contributed by atoms with E-state index in [1.807, 2.05) is 11.3 Å². The predicted molar refractivity (Wildman–Crippen MR) is 262 cm³/mol. The van der Waals surface area contributed by atoms with Gasteiger partial charge in [0, 0.05) is 59.1 Å². The molecule has 3 heteroatoms. The van der Waals surface area contributed by atoms with Gasteiger partial charge in [-0.25, -0.2) is 0 Å². The van der Waals surface area contributed by atoms with E-state index >= 15 is 0 Å². The van der Waals surface area contributed by atoms with E-state index < -0.39 is 0 Å². The minimum Gasteiger partial charge on any atom is -0.310 e. The van der Waals surface area contributed by atoms with E-state index in [9.17, 15) is 0 Å². The second-order valence-corrected chi connectivity index (χ2v) is 16.8. The van der Waals surface area contributed by atoms with Crippen molar-refractivity contribution in [3.05, 3.63) is 231 Å². The average Bonchev–Trinajstić information content (AvgIpc) is 3.88. The summed E-state index contributed by atoms with van der Waals surface area (Å²) in [6, 6.07) is 84.3. The maximum absolute atomic E-state index is 2.45. The molecule has 286 valence electrons. The molecular formula is C58H38N2S. The summed E-state index contributed by atoms with van der Waals surface area (Å²) in [6.45, 7) is 0. The Bertz CT molecular complexity index is 3510. The van der Waals surface area contributed by atoms with Crippen LogP contribution in [0.25, 0.3) is 91.8 Å². The maximum atomic E-state index is 2.45. The number of aromatic nitrogens is 1.